The molecule has 5 nitrogen and oxygen atoms in total. The van der Waals surface area contributed by atoms with Crippen LogP contribution in [0, 0.1) is 5.82 Å². The van der Waals surface area contributed by atoms with Gasteiger partial charge >= 0.3 is 6.03 Å². The third-order valence-corrected chi connectivity index (χ3v) is 4.55. The Morgan fingerprint density at radius 2 is 1.85 bits per heavy atom. The highest BCUT2D eigenvalue weighted by molar-refractivity contribution is 5.98. The van der Waals surface area contributed by atoms with Crippen LogP contribution >= 0.6 is 0 Å². The Kier molecular flexibility index (Phi) is 4.50. The minimum atomic E-state index is -0.259. The van der Waals surface area contributed by atoms with Gasteiger partial charge in [-0.3, -0.25) is 4.98 Å². The Morgan fingerprint density at radius 1 is 1.08 bits per heavy atom. The molecule has 4 rings (SSSR count). The number of urea groups is 1. The first kappa shape index (κ1) is 16.5. The van der Waals surface area contributed by atoms with Gasteiger partial charge in [0.05, 0.1) is 5.52 Å². The van der Waals surface area contributed by atoms with Crippen molar-refractivity contribution in [3.63, 3.8) is 0 Å². The Labute approximate surface area is 150 Å². The molecule has 0 bridgehead atoms. The van der Waals surface area contributed by atoms with E-state index in [9.17, 15) is 9.18 Å². The number of piperazine rings is 1. The van der Waals surface area contributed by atoms with Crippen LogP contribution in [0.15, 0.2) is 54.7 Å². The molecule has 1 aromatic heterocycles. The number of fused-ring (bicyclic) bond motifs is 1. The fourth-order valence-corrected chi connectivity index (χ4v) is 3.18. The lowest BCUT2D eigenvalue weighted by Crippen LogP contribution is -2.48. The lowest BCUT2D eigenvalue weighted by molar-refractivity contribution is 0.204. The molecule has 2 N–H and O–H groups in total. The van der Waals surface area contributed by atoms with Crippen LogP contribution in [0.4, 0.5) is 14.9 Å². The number of amides is 2. The molecule has 0 radical (unpaired) electrons. The zero-order chi connectivity index (χ0) is 17.9. The maximum absolute atomic E-state index is 13.2. The highest BCUT2D eigenvalue weighted by atomic mass is 19.1. The molecular formula is C20H19FN4O. The van der Waals surface area contributed by atoms with Gasteiger partial charge < -0.3 is 15.5 Å². The van der Waals surface area contributed by atoms with Gasteiger partial charge in [-0.05, 0) is 41.5 Å². The quantitative estimate of drug-likeness (QED) is 0.744. The van der Waals surface area contributed by atoms with Crippen LogP contribution < -0.4 is 10.6 Å². The van der Waals surface area contributed by atoms with Crippen molar-refractivity contribution < 1.29 is 9.18 Å². The van der Waals surface area contributed by atoms with Crippen molar-refractivity contribution in [1.82, 2.24) is 15.2 Å². The molecule has 26 heavy (non-hydrogen) atoms. The maximum atomic E-state index is 13.2. The third-order valence-electron chi connectivity index (χ3n) is 4.55. The first-order valence-corrected chi connectivity index (χ1v) is 8.62. The topological polar surface area (TPSA) is 57.3 Å². The summed E-state index contributed by atoms with van der Waals surface area (Å²) in [5.74, 6) is -0.259. The average molecular weight is 350 g/mol. The van der Waals surface area contributed by atoms with E-state index in [1.54, 1.807) is 23.2 Å². The number of carbonyl (C=O) groups excluding carboxylic acids is 1. The minimum absolute atomic E-state index is 0.0967. The van der Waals surface area contributed by atoms with Gasteiger partial charge in [0.2, 0.25) is 0 Å². The van der Waals surface area contributed by atoms with Gasteiger partial charge in [-0.25, -0.2) is 9.18 Å². The van der Waals surface area contributed by atoms with Crippen LogP contribution in [-0.4, -0.2) is 42.1 Å². The summed E-state index contributed by atoms with van der Waals surface area (Å²) >= 11 is 0. The van der Waals surface area contributed by atoms with E-state index >= 15 is 0 Å². The Balaban J connectivity index is 1.61. The van der Waals surface area contributed by atoms with Crippen molar-refractivity contribution >= 4 is 22.6 Å². The second-order valence-corrected chi connectivity index (χ2v) is 6.26. The molecule has 0 spiro atoms. The summed E-state index contributed by atoms with van der Waals surface area (Å²) in [6.07, 6.45) is 1.73. The molecular weight excluding hydrogens is 331 g/mol. The highest BCUT2D eigenvalue weighted by Crippen LogP contribution is 2.29. The summed E-state index contributed by atoms with van der Waals surface area (Å²) < 4.78 is 13.2. The number of hydrogen-bond acceptors (Lipinski definition) is 3. The summed E-state index contributed by atoms with van der Waals surface area (Å²) in [5.41, 5.74) is 3.40. The predicted molar refractivity (Wildman–Crippen MR) is 101 cm³/mol. The molecule has 0 aliphatic carbocycles. The van der Waals surface area contributed by atoms with Gasteiger partial charge in [0, 0.05) is 43.4 Å². The van der Waals surface area contributed by atoms with Gasteiger partial charge in [-0.15, -0.1) is 0 Å². The number of nitrogens with zero attached hydrogens (tertiary/aromatic N) is 2. The molecule has 2 heterocycles. The van der Waals surface area contributed by atoms with Crippen LogP contribution in [0.5, 0.6) is 0 Å². The van der Waals surface area contributed by atoms with Crippen LogP contribution in [0.2, 0.25) is 0 Å². The van der Waals surface area contributed by atoms with Crippen molar-refractivity contribution in [1.29, 1.82) is 0 Å². The normalized spacial score (nSPS) is 14.4. The van der Waals surface area contributed by atoms with Crippen LogP contribution in [0.1, 0.15) is 0 Å². The van der Waals surface area contributed by atoms with E-state index in [2.05, 4.69) is 15.6 Å². The molecule has 0 saturated carbocycles. The molecule has 1 aliphatic heterocycles. The van der Waals surface area contributed by atoms with E-state index in [0.29, 0.717) is 18.8 Å². The fourth-order valence-electron chi connectivity index (χ4n) is 3.18. The summed E-state index contributed by atoms with van der Waals surface area (Å²) in [6.45, 7) is 3.03. The average Bonchev–Trinajstić information content (AvgIpc) is 2.69. The Hall–Kier alpha value is -2.99. The molecule has 2 amide bonds. The van der Waals surface area contributed by atoms with E-state index in [4.69, 9.17) is 0 Å². The van der Waals surface area contributed by atoms with Gasteiger partial charge in [0.15, 0.2) is 0 Å². The maximum Gasteiger partial charge on any atom is 0.321 e. The van der Waals surface area contributed by atoms with E-state index < -0.39 is 0 Å². The zero-order valence-corrected chi connectivity index (χ0v) is 14.2. The fraction of sp³-hybridized carbons (Fsp3) is 0.200. The van der Waals surface area contributed by atoms with E-state index in [1.165, 1.54) is 12.1 Å². The Bertz CT molecular complexity index is 936. The van der Waals surface area contributed by atoms with E-state index in [1.807, 2.05) is 24.3 Å². The summed E-state index contributed by atoms with van der Waals surface area (Å²) in [4.78, 5) is 18.6. The number of benzene rings is 2. The number of anilines is 1. The van der Waals surface area contributed by atoms with Crippen LogP contribution in [0.3, 0.4) is 0 Å². The third kappa shape index (κ3) is 3.36. The lowest BCUT2D eigenvalue weighted by atomic mass is 10.0. The highest BCUT2D eigenvalue weighted by Gasteiger charge is 2.16. The molecule has 6 heteroatoms. The van der Waals surface area contributed by atoms with Crippen molar-refractivity contribution in [2.75, 3.05) is 31.5 Å². The standard InChI is InChI=1S/C20H19FN4O/c21-15-3-1-14(2-4-15)17-7-8-23-19-13-16(5-6-18(17)19)24-20(26)25-11-9-22-10-12-25/h1-8,13,22H,9-12H2,(H,24,26). The van der Waals surface area contributed by atoms with Crippen molar-refractivity contribution in [3.8, 4) is 11.1 Å². The largest absolute Gasteiger partial charge is 0.322 e. The SMILES string of the molecule is O=C(Nc1ccc2c(-c3ccc(F)cc3)ccnc2c1)N1CCNCC1. The second kappa shape index (κ2) is 7.09. The molecule has 0 atom stereocenters. The van der Waals surface area contributed by atoms with Crippen molar-refractivity contribution in [3.05, 3.63) is 60.5 Å². The van der Waals surface area contributed by atoms with Crippen LogP contribution in [0.25, 0.3) is 22.0 Å². The molecule has 132 valence electrons. The summed E-state index contributed by atoms with van der Waals surface area (Å²) in [7, 11) is 0. The van der Waals surface area contributed by atoms with Crippen molar-refractivity contribution in [2.24, 2.45) is 0 Å². The van der Waals surface area contributed by atoms with Gasteiger partial charge in [-0.2, -0.15) is 0 Å². The van der Waals surface area contributed by atoms with Crippen LogP contribution in [-0.2, 0) is 0 Å². The number of carbonyl (C=O) groups is 1. The number of pyridine rings is 1. The monoisotopic (exact) mass is 350 g/mol. The van der Waals surface area contributed by atoms with Gasteiger partial charge in [-0.1, -0.05) is 18.2 Å². The van der Waals surface area contributed by atoms with Crippen molar-refractivity contribution in [2.45, 2.75) is 0 Å². The molecule has 1 aliphatic rings. The Morgan fingerprint density at radius 3 is 2.62 bits per heavy atom. The zero-order valence-electron chi connectivity index (χ0n) is 14.2. The summed E-state index contributed by atoms with van der Waals surface area (Å²) in [6, 6.07) is 13.9. The number of rotatable bonds is 2. The van der Waals surface area contributed by atoms with E-state index in [0.717, 1.165) is 35.1 Å². The predicted octanol–water partition coefficient (Wildman–Crippen LogP) is 3.48. The van der Waals surface area contributed by atoms with Gasteiger partial charge in [0.25, 0.3) is 0 Å². The molecule has 1 saturated heterocycles. The second-order valence-electron chi connectivity index (χ2n) is 6.26. The minimum Gasteiger partial charge on any atom is -0.322 e. The lowest BCUT2D eigenvalue weighted by Gasteiger charge is -2.27. The number of hydrogen-bond donors (Lipinski definition) is 2. The molecule has 3 aromatic rings. The molecule has 0 unspecified atom stereocenters. The number of nitrogens with one attached hydrogen (secondary N) is 2. The first-order valence-electron chi connectivity index (χ1n) is 8.62. The first-order chi connectivity index (χ1) is 12.7. The number of aromatic nitrogens is 1. The smallest absolute Gasteiger partial charge is 0.321 e. The van der Waals surface area contributed by atoms with Gasteiger partial charge in [0.1, 0.15) is 5.82 Å². The number of halogens is 1. The van der Waals surface area contributed by atoms with E-state index in [-0.39, 0.29) is 11.8 Å². The molecule has 1 fully saturated rings. The molecule has 2 aromatic carbocycles. The summed E-state index contributed by atoms with van der Waals surface area (Å²) in [5, 5.41) is 7.13.